The van der Waals surface area contributed by atoms with E-state index >= 15 is 0 Å². The molecule has 0 atom stereocenters. The summed E-state index contributed by atoms with van der Waals surface area (Å²) in [4.78, 5) is 9.23. The third kappa shape index (κ3) is 2.41. The number of fused-ring (bicyclic) bond motifs is 1. The molecule has 3 nitrogen and oxygen atoms in total. The van der Waals surface area contributed by atoms with Crippen LogP contribution in [0.15, 0.2) is 18.2 Å². The molecular formula is C15H15ClFN3. The summed E-state index contributed by atoms with van der Waals surface area (Å²) in [5, 5.41) is 3.69. The molecule has 0 fully saturated rings. The number of nitrogens with zero attached hydrogens (tertiary/aromatic N) is 2. The van der Waals surface area contributed by atoms with E-state index in [2.05, 4.69) is 22.2 Å². The van der Waals surface area contributed by atoms with Crippen molar-refractivity contribution in [3.63, 3.8) is 0 Å². The minimum Gasteiger partial charge on any atom is -0.312 e. The molecule has 3 rings (SSSR count). The van der Waals surface area contributed by atoms with Crippen molar-refractivity contribution >= 4 is 11.6 Å². The van der Waals surface area contributed by atoms with Crippen molar-refractivity contribution in [2.45, 2.75) is 26.3 Å². The second kappa shape index (κ2) is 5.46. The first-order chi connectivity index (χ1) is 9.69. The molecule has 0 radical (unpaired) electrons. The van der Waals surface area contributed by atoms with E-state index in [4.69, 9.17) is 11.6 Å². The van der Waals surface area contributed by atoms with E-state index in [9.17, 15) is 4.39 Å². The van der Waals surface area contributed by atoms with Crippen molar-refractivity contribution in [1.82, 2.24) is 15.3 Å². The van der Waals surface area contributed by atoms with Gasteiger partial charge in [-0.15, -0.1) is 0 Å². The predicted octanol–water partition coefficient (Wildman–Crippen LogP) is 3.14. The number of nitrogens with one attached hydrogen (secondary N) is 1. The molecule has 1 aliphatic heterocycles. The van der Waals surface area contributed by atoms with Crippen LogP contribution in [0.3, 0.4) is 0 Å². The molecule has 5 heteroatoms. The lowest BCUT2D eigenvalue weighted by molar-refractivity contribution is 0.618. The third-order valence-corrected chi connectivity index (χ3v) is 3.84. The Kier molecular flexibility index (Phi) is 3.68. The SMILES string of the molecule is CCc1nc(-c2ccc(F)cc2Cl)nc2c1CNCC2. The number of benzene rings is 1. The van der Waals surface area contributed by atoms with Crippen LogP contribution in [-0.4, -0.2) is 16.5 Å². The average Bonchev–Trinajstić information content (AvgIpc) is 2.46. The highest BCUT2D eigenvalue weighted by molar-refractivity contribution is 6.33. The maximum Gasteiger partial charge on any atom is 0.161 e. The van der Waals surface area contributed by atoms with Gasteiger partial charge < -0.3 is 5.32 Å². The van der Waals surface area contributed by atoms with E-state index in [0.717, 1.165) is 37.3 Å². The molecule has 0 saturated carbocycles. The monoisotopic (exact) mass is 291 g/mol. The Morgan fingerprint density at radius 2 is 2.20 bits per heavy atom. The number of halogens is 2. The standard InChI is InChI=1S/C15H15ClFN3/c1-2-13-11-8-18-6-5-14(11)20-15(19-13)10-4-3-9(17)7-12(10)16/h3-4,7,18H,2,5-6,8H2,1H3. The summed E-state index contributed by atoms with van der Waals surface area (Å²) in [5.74, 6) is 0.240. The van der Waals surface area contributed by atoms with Gasteiger partial charge in [-0.1, -0.05) is 18.5 Å². The molecule has 0 bridgehead atoms. The number of aryl methyl sites for hydroxylation is 1. The quantitative estimate of drug-likeness (QED) is 0.924. The Labute approximate surface area is 122 Å². The zero-order valence-corrected chi connectivity index (χ0v) is 12.0. The van der Waals surface area contributed by atoms with Crippen LogP contribution >= 0.6 is 11.6 Å². The Balaban J connectivity index is 2.14. The summed E-state index contributed by atoms with van der Waals surface area (Å²) in [7, 11) is 0. The molecule has 104 valence electrons. The second-order valence-corrected chi connectivity index (χ2v) is 5.23. The van der Waals surface area contributed by atoms with Crippen molar-refractivity contribution < 1.29 is 4.39 Å². The summed E-state index contributed by atoms with van der Waals surface area (Å²) in [5.41, 5.74) is 3.99. The Morgan fingerprint density at radius 1 is 1.35 bits per heavy atom. The molecular weight excluding hydrogens is 277 g/mol. The molecule has 1 aliphatic rings. The van der Waals surface area contributed by atoms with Crippen molar-refractivity contribution in [2.24, 2.45) is 0 Å². The van der Waals surface area contributed by atoms with Gasteiger partial charge in [0.05, 0.1) is 10.7 Å². The summed E-state index contributed by atoms with van der Waals surface area (Å²) in [6.07, 6.45) is 1.73. The number of rotatable bonds is 2. The second-order valence-electron chi connectivity index (χ2n) is 4.82. The fourth-order valence-corrected chi connectivity index (χ4v) is 2.75. The van der Waals surface area contributed by atoms with Crippen molar-refractivity contribution in [1.29, 1.82) is 0 Å². The molecule has 1 aromatic heterocycles. The minimum atomic E-state index is -0.350. The lowest BCUT2D eigenvalue weighted by Crippen LogP contribution is -2.26. The molecule has 2 heterocycles. The molecule has 0 spiro atoms. The lowest BCUT2D eigenvalue weighted by Gasteiger charge is -2.19. The Bertz CT molecular complexity index is 641. The Hall–Kier alpha value is -1.52. The fraction of sp³-hybridized carbons (Fsp3) is 0.333. The zero-order chi connectivity index (χ0) is 14.1. The zero-order valence-electron chi connectivity index (χ0n) is 11.2. The molecule has 0 unspecified atom stereocenters. The van der Waals surface area contributed by atoms with E-state index in [1.165, 1.54) is 17.7 Å². The van der Waals surface area contributed by atoms with Gasteiger partial charge in [0.2, 0.25) is 0 Å². The lowest BCUT2D eigenvalue weighted by atomic mass is 10.0. The summed E-state index contributed by atoms with van der Waals surface area (Å²) < 4.78 is 13.1. The van der Waals surface area contributed by atoms with Crippen LogP contribution in [-0.2, 0) is 19.4 Å². The average molecular weight is 292 g/mol. The fourth-order valence-electron chi connectivity index (χ4n) is 2.50. The largest absolute Gasteiger partial charge is 0.312 e. The van der Waals surface area contributed by atoms with Gasteiger partial charge in [0.15, 0.2) is 5.82 Å². The van der Waals surface area contributed by atoms with E-state index in [1.807, 2.05) is 0 Å². The van der Waals surface area contributed by atoms with Crippen molar-refractivity contribution in [2.75, 3.05) is 6.54 Å². The van der Waals surface area contributed by atoms with Crippen LogP contribution in [0.5, 0.6) is 0 Å². The van der Waals surface area contributed by atoms with E-state index in [1.54, 1.807) is 6.07 Å². The first-order valence-corrected chi connectivity index (χ1v) is 7.11. The van der Waals surface area contributed by atoms with Gasteiger partial charge in [-0.25, -0.2) is 14.4 Å². The van der Waals surface area contributed by atoms with Crippen LogP contribution in [0.2, 0.25) is 5.02 Å². The van der Waals surface area contributed by atoms with Crippen LogP contribution in [0.25, 0.3) is 11.4 Å². The van der Waals surface area contributed by atoms with E-state index < -0.39 is 0 Å². The smallest absolute Gasteiger partial charge is 0.161 e. The third-order valence-electron chi connectivity index (χ3n) is 3.53. The molecule has 1 N–H and O–H groups in total. The van der Waals surface area contributed by atoms with Gasteiger partial charge >= 0.3 is 0 Å². The summed E-state index contributed by atoms with van der Waals surface area (Å²) >= 11 is 6.11. The highest BCUT2D eigenvalue weighted by atomic mass is 35.5. The first-order valence-electron chi connectivity index (χ1n) is 6.74. The van der Waals surface area contributed by atoms with Crippen molar-refractivity contribution in [3.05, 3.63) is 46.0 Å². The van der Waals surface area contributed by atoms with Crippen LogP contribution < -0.4 is 5.32 Å². The topological polar surface area (TPSA) is 37.8 Å². The van der Waals surface area contributed by atoms with E-state index in [0.29, 0.717) is 16.4 Å². The maximum absolute atomic E-state index is 13.1. The summed E-state index contributed by atoms with van der Waals surface area (Å²) in [6, 6.07) is 4.32. The van der Waals surface area contributed by atoms with Gasteiger partial charge in [0.1, 0.15) is 5.82 Å². The highest BCUT2D eigenvalue weighted by Gasteiger charge is 2.18. The highest BCUT2D eigenvalue weighted by Crippen LogP contribution is 2.28. The molecule has 2 aromatic rings. The van der Waals surface area contributed by atoms with E-state index in [-0.39, 0.29) is 5.82 Å². The number of hydrogen-bond donors (Lipinski definition) is 1. The predicted molar refractivity (Wildman–Crippen MR) is 77.2 cm³/mol. The Morgan fingerprint density at radius 3 is 2.95 bits per heavy atom. The first kappa shape index (κ1) is 13.5. The van der Waals surface area contributed by atoms with Gasteiger partial charge in [0, 0.05) is 36.3 Å². The number of hydrogen-bond acceptors (Lipinski definition) is 3. The molecule has 1 aromatic carbocycles. The molecule has 0 aliphatic carbocycles. The van der Waals surface area contributed by atoms with Gasteiger partial charge in [-0.3, -0.25) is 0 Å². The van der Waals surface area contributed by atoms with Crippen LogP contribution in [0, 0.1) is 5.82 Å². The van der Waals surface area contributed by atoms with Gasteiger partial charge in [-0.05, 0) is 24.6 Å². The molecule has 0 saturated heterocycles. The van der Waals surface area contributed by atoms with Gasteiger partial charge in [0.25, 0.3) is 0 Å². The maximum atomic E-state index is 13.1. The van der Waals surface area contributed by atoms with Crippen molar-refractivity contribution in [3.8, 4) is 11.4 Å². The minimum absolute atomic E-state index is 0.348. The normalized spacial score (nSPS) is 14.2. The van der Waals surface area contributed by atoms with Gasteiger partial charge in [-0.2, -0.15) is 0 Å². The number of aromatic nitrogens is 2. The molecule has 20 heavy (non-hydrogen) atoms. The van der Waals surface area contributed by atoms with Crippen LogP contribution in [0.4, 0.5) is 4.39 Å². The molecule has 0 amide bonds. The summed E-state index contributed by atoms with van der Waals surface area (Å²) in [6.45, 7) is 3.81. The van der Waals surface area contributed by atoms with Crippen LogP contribution in [0.1, 0.15) is 23.9 Å².